The van der Waals surface area contributed by atoms with Gasteiger partial charge in [0.25, 0.3) is 0 Å². The van der Waals surface area contributed by atoms with Gasteiger partial charge in [-0.25, -0.2) is 4.79 Å². The second-order valence-corrected chi connectivity index (χ2v) is 7.13. The molecule has 0 bridgehead atoms. The Kier molecular flexibility index (Phi) is 5.15. The summed E-state index contributed by atoms with van der Waals surface area (Å²) in [4.78, 5) is 25.6. The molecule has 1 rings (SSSR count). The van der Waals surface area contributed by atoms with Gasteiger partial charge in [-0.2, -0.15) is 0 Å². The topological polar surface area (TPSA) is 46.6 Å². The minimum Gasteiger partial charge on any atom is -0.443 e. The van der Waals surface area contributed by atoms with Gasteiger partial charge in [0.15, 0.2) is 0 Å². The van der Waals surface area contributed by atoms with E-state index in [2.05, 4.69) is 0 Å². The minimum atomic E-state index is -0.616. The molecule has 4 heteroatoms. The summed E-state index contributed by atoms with van der Waals surface area (Å²) in [5, 5.41) is 0. The van der Waals surface area contributed by atoms with Crippen molar-refractivity contribution in [3.8, 4) is 0 Å². The van der Waals surface area contributed by atoms with Crippen LogP contribution >= 0.6 is 0 Å². The molecule has 1 unspecified atom stereocenters. The van der Waals surface area contributed by atoms with E-state index in [0.29, 0.717) is 5.69 Å². The van der Waals surface area contributed by atoms with Gasteiger partial charge in [-0.15, -0.1) is 0 Å². The SMILES string of the molecule is CC(C)(C)OC(=O)N(c1ccccc1)C(C=O)C(C)(C)C. The summed E-state index contributed by atoms with van der Waals surface area (Å²) < 4.78 is 5.46. The zero-order valence-corrected chi connectivity index (χ0v) is 13.7. The fourth-order valence-electron chi connectivity index (χ4n) is 1.93. The third-order valence-corrected chi connectivity index (χ3v) is 2.92. The number of rotatable bonds is 3. The van der Waals surface area contributed by atoms with Crippen molar-refractivity contribution in [1.82, 2.24) is 0 Å². The lowest BCUT2D eigenvalue weighted by Crippen LogP contribution is -2.50. The first kappa shape index (κ1) is 17.2. The van der Waals surface area contributed by atoms with Gasteiger partial charge < -0.3 is 9.53 Å². The predicted octanol–water partition coefficient (Wildman–Crippen LogP) is 4.04. The highest BCUT2D eigenvalue weighted by Crippen LogP contribution is 2.29. The van der Waals surface area contributed by atoms with Gasteiger partial charge in [-0.1, -0.05) is 39.0 Å². The molecular weight excluding hydrogens is 266 g/mol. The summed E-state index contributed by atoms with van der Waals surface area (Å²) in [6.07, 6.45) is 0.289. The van der Waals surface area contributed by atoms with E-state index in [1.54, 1.807) is 32.9 Å². The molecule has 0 radical (unpaired) electrons. The van der Waals surface area contributed by atoms with E-state index < -0.39 is 23.2 Å². The first-order chi connectivity index (χ1) is 9.56. The molecule has 1 amide bonds. The molecule has 116 valence electrons. The normalized spacial score (nSPS) is 13.4. The fraction of sp³-hybridized carbons (Fsp3) is 0.529. The van der Waals surface area contributed by atoms with Crippen LogP contribution in [-0.4, -0.2) is 24.0 Å². The Morgan fingerprint density at radius 2 is 1.62 bits per heavy atom. The predicted molar refractivity (Wildman–Crippen MR) is 84.5 cm³/mol. The zero-order valence-electron chi connectivity index (χ0n) is 13.7. The summed E-state index contributed by atoms with van der Waals surface area (Å²) in [6, 6.07) is 8.52. The van der Waals surface area contributed by atoms with Crippen LogP contribution in [-0.2, 0) is 9.53 Å². The molecule has 0 aliphatic carbocycles. The Labute approximate surface area is 127 Å². The Balaban J connectivity index is 3.24. The third-order valence-electron chi connectivity index (χ3n) is 2.92. The summed E-state index contributed by atoms with van der Waals surface area (Å²) in [5.74, 6) is 0. The molecule has 0 aromatic heterocycles. The van der Waals surface area contributed by atoms with E-state index in [1.165, 1.54) is 4.90 Å². The molecular formula is C17H25NO3. The molecule has 0 saturated carbocycles. The molecule has 0 saturated heterocycles. The first-order valence-corrected chi connectivity index (χ1v) is 7.09. The zero-order chi connectivity index (χ0) is 16.3. The van der Waals surface area contributed by atoms with Crippen LogP contribution in [0.5, 0.6) is 0 Å². The van der Waals surface area contributed by atoms with E-state index in [1.807, 2.05) is 39.0 Å². The smallest absolute Gasteiger partial charge is 0.415 e. The van der Waals surface area contributed by atoms with Crippen molar-refractivity contribution in [3.05, 3.63) is 30.3 Å². The molecule has 0 heterocycles. The van der Waals surface area contributed by atoms with Crippen molar-refractivity contribution >= 4 is 18.1 Å². The quantitative estimate of drug-likeness (QED) is 0.789. The van der Waals surface area contributed by atoms with E-state index >= 15 is 0 Å². The van der Waals surface area contributed by atoms with Crippen molar-refractivity contribution in [1.29, 1.82) is 0 Å². The lowest BCUT2D eigenvalue weighted by Gasteiger charge is -2.37. The van der Waals surface area contributed by atoms with E-state index in [-0.39, 0.29) is 0 Å². The highest BCUT2D eigenvalue weighted by molar-refractivity contribution is 5.93. The van der Waals surface area contributed by atoms with Crippen LogP contribution in [0.15, 0.2) is 30.3 Å². The molecule has 0 N–H and O–H groups in total. The van der Waals surface area contributed by atoms with Crippen LogP contribution in [0.2, 0.25) is 0 Å². The number of para-hydroxylation sites is 1. The molecule has 1 atom stereocenters. The van der Waals surface area contributed by atoms with Gasteiger partial charge in [0.1, 0.15) is 17.9 Å². The second kappa shape index (κ2) is 6.29. The van der Waals surface area contributed by atoms with Crippen LogP contribution in [0.3, 0.4) is 0 Å². The Morgan fingerprint density at radius 3 is 2.00 bits per heavy atom. The van der Waals surface area contributed by atoms with Gasteiger partial charge in [-0.3, -0.25) is 4.90 Å². The number of aldehydes is 1. The fourth-order valence-corrected chi connectivity index (χ4v) is 1.93. The number of hydrogen-bond acceptors (Lipinski definition) is 3. The number of ether oxygens (including phenoxy) is 1. The van der Waals surface area contributed by atoms with Crippen LogP contribution in [0.1, 0.15) is 41.5 Å². The number of nitrogens with zero attached hydrogens (tertiary/aromatic N) is 1. The molecule has 4 nitrogen and oxygen atoms in total. The standard InChI is InChI=1S/C17H25NO3/c1-16(2,3)14(12-19)18(13-10-8-7-9-11-13)15(20)21-17(4,5)6/h7-12,14H,1-6H3. The molecule has 0 aliphatic heterocycles. The van der Waals surface area contributed by atoms with E-state index in [4.69, 9.17) is 4.74 Å². The summed E-state index contributed by atoms with van der Waals surface area (Å²) in [5.41, 5.74) is -0.358. The third kappa shape index (κ3) is 4.88. The molecule has 1 aromatic carbocycles. The van der Waals surface area contributed by atoms with Crippen molar-refractivity contribution < 1.29 is 14.3 Å². The summed E-state index contributed by atoms with van der Waals surface area (Å²) >= 11 is 0. The minimum absolute atomic E-state index is 0.394. The van der Waals surface area contributed by atoms with Crippen molar-refractivity contribution in [3.63, 3.8) is 0 Å². The van der Waals surface area contributed by atoms with Gasteiger partial charge in [0, 0.05) is 5.69 Å². The van der Waals surface area contributed by atoms with Gasteiger partial charge >= 0.3 is 6.09 Å². The maximum Gasteiger partial charge on any atom is 0.415 e. The monoisotopic (exact) mass is 291 g/mol. The molecule has 0 spiro atoms. The summed E-state index contributed by atoms with van der Waals surface area (Å²) in [7, 11) is 0. The number of carbonyl (C=O) groups excluding carboxylic acids is 2. The molecule has 1 aromatic rings. The van der Waals surface area contributed by atoms with Gasteiger partial charge in [-0.05, 0) is 38.3 Å². The number of amides is 1. The Bertz CT molecular complexity index is 483. The second-order valence-electron chi connectivity index (χ2n) is 7.13. The number of hydrogen-bond donors (Lipinski definition) is 0. The van der Waals surface area contributed by atoms with Crippen LogP contribution < -0.4 is 4.90 Å². The van der Waals surface area contributed by atoms with Crippen molar-refractivity contribution in [2.24, 2.45) is 5.41 Å². The van der Waals surface area contributed by atoms with Crippen LogP contribution in [0.4, 0.5) is 10.5 Å². The maximum absolute atomic E-state index is 12.6. The Morgan fingerprint density at radius 1 is 1.10 bits per heavy atom. The summed E-state index contributed by atoms with van der Waals surface area (Å²) in [6.45, 7) is 11.2. The van der Waals surface area contributed by atoms with Gasteiger partial charge in [0.2, 0.25) is 0 Å². The van der Waals surface area contributed by atoms with Crippen molar-refractivity contribution in [2.75, 3.05) is 4.90 Å². The van der Waals surface area contributed by atoms with E-state index in [0.717, 1.165) is 6.29 Å². The lowest BCUT2D eigenvalue weighted by molar-refractivity contribution is -0.110. The van der Waals surface area contributed by atoms with Crippen molar-refractivity contribution in [2.45, 2.75) is 53.2 Å². The number of benzene rings is 1. The highest BCUT2D eigenvalue weighted by Gasteiger charge is 2.36. The first-order valence-electron chi connectivity index (χ1n) is 7.09. The molecule has 0 fully saturated rings. The largest absolute Gasteiger partial charge is 0.443 e. The number of anilines is 1. The molecule has 21 heavy (non-hydrogen) atoms. The maximum atomic E-state index is 12.6. The average molecular weight is 291 g/mol. The molecule has 0 aliphatic rings. The average Bonchev–Trinajstić information content (AvgIpc) is 2.32. The van der Waals surface area contributed by atoms with Gasteiger partial charge in [0.05, 0.1) is 0 Å². The van der Waals surface area contributed by atoms with E-state index in [9.17, 15) is 9.59 Å². The number of carbonyl (C=O) groups is 2. The lowest BCUT2D eigenvalue weighted by atomic mass is 9.86. The Hall–Kier alpha value is -1.84. The highest BCUT2D eigenvalue weighted by atomic mass is 16.6. The van der Waals surface area contributed by atoms with Crippen LogP contribution in [0, 0.1) is 5.41 Å². The van der Waals surface area contributed by atoms with Crippen LogP contribution in [0.25, 0.3) is 0 Å².